The van der Waals surface area contributed by atoms with E-state index in [4.69, 9.17) is 4.74 Å². The number of hydrogen-bond donors (Lipinski definition) is 1. The summed E-state index contributed by atoms with van der Waals surface area (Å²) in [5.74, 6) is 1.15. The van der Waals surface area contributed by atoms with Gasteiger partial charge in [0.2, 0.25) is 0 Å². The summed E-state index contributed by atoms with van der Waals surface area (Å²) < 4.78 is 19.2. The van der Waals surface area contributed by atoms with E-state index in [0.29, 0.717) is 18.2 Å². The Labute approximate surface area is 125 Å². The molecular formula is C16H24FNOS. The van der Waals surface area contributed by atoms with Crippen molar-refractivity contribution >= 4 is 11.8 Å². The lowest BCUT2D eigenvalue weighted by atomic mass is 10.1. The molecule has 1 aliphatic carbocycles. The van der Waals surface area contributed by atoms with E-state index >= 15 is 0 Å². The Morgan fingerprint density at radius 2 is 2.15 bits per heavy atom. The zero-order valence-electron chi connectivity index (χ0n) is 12.3. The van der Waals surface area contributed by atoms with Crippen LogP contribution >= 0.6 is 11.8 Å². The van der Waals surface area contributed by atoms with Gasteiger partial charge in [-0.05, 0) is 37.9 Å². The van der Waals surface area contributed by atoms with Crippen molar-refractivity contribution < 1.29 is 9.13 Å². The van der Waals surface area contributed by atoms with Crippen molar-refractivity contribution in [3.63, 3.8) is 0 Å². The van der Waals surface area contributed by atoms with Gasteiger partial charge in [0.1, 0.15) is 0 Å². The highest BCUT2D eigenvalue weighted by molar-refractivity contribution is 7.99. The van der Waals surface area contributed by atoms with Crippen LogP contribution in [0.25, 0.3) is 0 Å². The largest absolute Gasteiger partial charge is 0.494 e. The normalized spacial score (nSPS) is 17.4. The topological polar surface area (TPSA) is 21.3 Å². The summed E-state index contributed by atoms with van der Waals surface area (Å²) in [7, 11) is 3.46. The molecule has 1 unspecified atom stereocenters. The molecule has 0 radical (unpaired) electrons. The summed E-state index contributed by atoms with van der Waals surface area (Å²) >= 11 is 2.04. The molecule has 0 aromatic heterocycles. The highest BCUT2D eigenvalue weighted by Gasteiger charge is 2.19. The van der Waals surface area contributed by atoms with Gasteiger partial charge in [0.15, 0.2) is 11.6 Å². The van der Waals surface area contributed by atoms with Crippen LogP contribution in [0.1, 0.15) is 31.2 Å². The summed E-state index contributed by atoms with van der Waals surface area (Å²) in [5, 5.41) is 4.12. The molecule has 1 fully saturated rings. The number of ether oxygens (including phenoxy) is 1. The summed E-state index contributed by atoms with van der Waals surface area (Å²) in [4.78, 5) is 0. The van der Waals surface area contributed by atoms with Crippen LogP contribution in [-0.4, -0.2) is 31.2 Å². The van der Waals surface area contributed by atoms with Gasteiger partial charge in [0.05, 0.1) is 7.11 Å². The summed E-state index contributed by atoms with van der Waals surface area (Å²) in [6.07, 6.45) is 6.13. The third kappa shape index (κ3) is 4.13. The van der Waals surface area contributed by atoms with Crippen molar-refractivity contribution in [2.24, 2.45) is 0 Å². The molecule has 4 heteroatoms. The van der Waals surface area contributed by atoms with Gasteiger partial charge >= 0.3 is 0 Å². The lowest BCUT2D eigenvalue weighted by Crippen LogP contribution is -2.31. The minimum Gasteiger partial charge on any atom is -0.494 e. The SMILES string of the molecule is CNC(CSC1CCCC1)Cc1cccc(OC)c1F. The molecule has 1 aliphatic rings. The zero-order valence-corrected chi connectivity index (χ0v) is 13.1. The van der Waals surface area contributed by atoms with E-state index in [-0.39, 0.29) is 5.82 Å². The van der Waals surface area contributed by atoms with Crippen molar-refractivity contribution in [3.8, 4) is 5.75 Å². The van der Waals surface area contributed by atoms with E-state index in [1.807, 2.05) is 30.9 Å². The number of halogens is 1. The van der Waals surface area contributed by atoms with E-state index < -0.39 is 0 Å². The second-order valence-electron chi connectivity index (χ2n) is 5.36. The Kier molecular flexibility index (Phi) is 6.17. The first-order valence-electron chi connectivity index (χ1n) is 7.34. The van der Waals surface area contributed by atoms with Gasteiger partial charge in [0, 0.05) is 17.0 Å². The van der Waals surface area contributed by atoms with Crippen LogP contribution in [-0.2, 0) is 6.42 Å². The molecule has 0 heterocycles. The van der Waals surface area contributed by atoms with Crippen molar-refractivity contribution in [1.29, 1.82) is 0 Å². The summed E-state index contributed by atoms with van der Waals surface area (Å²) in [5.41, 5.74) is 0.732. The Balaban J connectivity index is 1.91. The van der Waals surface area contributed by atoms with E-state index in [0.717, 1.165) is 16.6 Å². The number of benzene rings is 1. The van der Waals surface area contributed by atoms with Crippen LogP contribution < -0.4 is 10.1 Å². The molecule has 1 atom stereocenters. The predicted molar refractivity (Wildman–Crippen MR) is 84.2 cm³/mol. The van der Waals surface area contributed by atoms with Crippen LogP contribution in [0, 0.1) is 5.82 Å². The lowest BCUT2D eigenvalue weighted by Gasteiger charge is -2.19. The van der Waals surface area contributed by atoms with Crippen LogP contribution in [0.3, 0.4) is 0 Å². The number of likely N-dealkylation sites (N-methyl/N-ethyl adjacent to an activating group) is 1. The molecule has 112 valence electrons. The fourth-order valence-corrected chi connectivity index (χ4v) is 4.14. The summed E-state index contributed by atoms with van der Waals surface area (Å²) in [6.45, 7) is 0. The van der Waals surface area contributed by atoms with Gasteiger partial charge < -0.3 is 10.1 Å². The Bertz CT molecular complexity index is 421. The molecule has 20 heavy (non-hydrogen) atoms. The van der Waals surface area contributed by atoms with Gasteiger partial charge in [-0.3, -0.25) is 0 Å². The first kappa shape index (κ1) is 15.6. The maximum atomic E-state index is 14.2. The second kappa shape index (κ2) is 7.89. The molecular weight excluding hydrogens is 273 g/mol. The van der Waals surface area contributed by atoms with E-state index in [1.54, 1.807) is 6.07 Å². The Morgan fingerprint density at radius 3 is 2.80 bits per heavy atom. The molecule has 2 rings (SSSR count). The van der Waals surface area contributed by atoms with Crippen molar-refractivity contribution in [2.45, 2.75) is 43.4 Å². The van der Waals surface area contributed by atoms with Crippen LogP contribution in [0.2, 0.25) is 0 Å². The zero-order chi connectivity index (χ0) is 14.4. The quantitative estimate of drug-likeness (QED) is 0.830. The molecule has 1 aromatic rings. The average molecular weight is 297 g/mol. The van der Waals surface area contributed by atoms with Crippen molar-refractivity contribution in [1.82, 2.24) is 5.32 Å². The standard InChI is InChI=1S/C16H24FNOS/c1-18-13(11-20-14-7-3-4-8-14)10-12-6-5-9-15(19-2)16(12)17/h5-6,9,13-14,18H,3-4,7-8,10-11H2,1-2H3. The monoisotopic (exact) mass is 297 g/mol. The predicted octanol–water partition coefficient (Wildman–Crippen LogP) is 3.64. The van der Waals surface area contributed by atoms with Gasteiger partial charge in [-0.1, -0.05) is 25.0 Å². The third-order valence-corrected chi connectivity index (χ3v) is 5.51. The van der Waals surface area contributed by atoms with Gasteiger partial charge in [0.25, 0.3) is 0 Å². The highest BCUT2D eigenvalue weighted by Crippen LogP contribution is 2.30. The lowest BCUT2D eigenvalue weighted by molar-refractivity contribution is 0.383. The van der Waals surface area contributed by atoms with Gasteiger partial charge in [-0.15, -0.1) is 0 Å². The number of rotatable bonds is 7. The molecule has 1 saturated carbocycles. The van der Waals surface area contributed by atoms with E-state index in [2.05, 4.69) is 5.32 Å². The first-order valence-corrected chi connectivity index (χ1v) is 8.39. The average Bonchev–Trinajstić information content (AvgIpc) is 2.98. The molecule has 0 bridgehead atoms. The molecule has 2 nitrogen and oxygen atoms in total. The molecule has 0 spiro atoms. The molecule has 0 amide bonds. The van der Waals surface area contributed by atoms with E-state index in [9.17, 15) is 4.39 Å². The smallest absolute Gasteiger partial charge is 0.168 e. The number of nitrogens with one attached hydrogen (secondary N) is 1. The molecule has 0 saturated heterocycles. The van der Waals surface area contributed by atoms with Crippen LogP contribution in [0.5, 0.6) is 5.75 Å². The fraction of sp³-hybridized carbons (Fsp3) is 0.625. The van der Waals surface area contributed by atoms with Crippen molar-refractivity contribution in [2.75, 3.05) is 19.9 Å². The second-order valence-corrected chi connectivity index (χ2v) is 6.70. The minimum absolute atomic E-state index is 0.221. The molecule has 1 aromatic carbocycles. The number of methoxy groups -OCH3 is 1. The maximum Gasteiger partial charge on any atom is 0.168 e. The third-order valence-electron chi connectivity index (χ3n) is 3.97. The van der Waals surface area contributed by atoms with Crippen LogP contribution in [0.15, 0.2) is 18.2 Å². The first-order chi connectivity index (χ1) is 9.74. The fourth-order valence-electron chi connectivity index (χ4n) is 2.69. The highest BCUT2D eigenvalue weighted by atomic mass is 32.2. The van der Waals surface area contributed by atoms with Crippen molar-refractivity contribution in [3.05, 3.63) is 29.6 Å². The van der Waals surface area contributed by atoms with Gasteiger partial charge in [-0.2, -0.15) is 11.8 Å². The summed E-state index contributed by atoms with van der Waals surface area (Å²) in [6, 6.07) is 5.68. The number of hydrogen-bond acceptors (Lipinski definition) is 3. The molecule has 0 aliphatic heterocycles. The Morgan fingerprint density at radius 1 is 1.40 bits per heavy atom. The minimum atomic E-state index is -0.221. The number of thioether (sulfide) groups is 1. The van der Waals surface area contributed by atoms with Gasteiger partial charge in [-0.25, -0.2) is 4.39 Å². The molecule has 1 N–H and O–H groups in total. The van der Waals surface area contributed by atoms with Crippen LogP contribution in [0.4, 0.5) is 4.39 Å². The van der Waals surface area contributed by atoms with E-state index in [1.165, 1.54) is 32.8 Å². The Hall–Kier alpha value is -0.740. The maximum absolute atomic E-state index is 14.2.